The van der Waals surface area contributed by atoms with E-state index in [4.69, 9.17) is 9.47 Å². The average molecular weight is 390 g/mol. The van der Waals surface area contributed by atoms with Crippen LogP contribution in [0.3, 0.4) is 0 Å². The van der Waals surface area contributed by atoms with Gasteiger partial charge in [-0.2, -0.15) is 0 Å². The number of amides is 1. The molecule has 27 heavy (non-hydrogen) atoms. The van der Waals surface area contributed by atoms with Gasteiger partial charge in [0.25, 0.3) is 0 Å². The molecule has 3 rings (SSSR count). The minimum absolute atomic E-state index is 0.143. The van der Waals surface area contributed by atoms with Crippen molar-refractivity contribution in [1.29, 1.82) is 0 Å². The van der Waals surface area contributed by atoms with E-state index in [-0.39, 0.29) is 12.2 Å². The summed E-state index contributed by atoms with van der Waals surface area (Å²) in [5, 5.41) is 2.69. The Balaban J connectivity index is 1.64. The monoisotopic (exact) mass is 390 g/mol. The van der Waals surface area contributed by atoms with Crippen LogP contribution in [0.2, 0.25) is 0 Å². The minimum atomic E-state index is -3.57. The maximum Gasteiger partial charge on any atom is 0.235 e. The number of hydrogen-bond acceptors (Lipinski definition) is 5. The SMILES string of the molecule is COc1ccc(NC(=O)CCS(=O)(=O)N2CCc3ccccc32)c(OC)c1. The van der Waals surface area contributed by atoms with Crippen molar-refractivity contribution in [2.24, 2.45) is 0 Å². The van der Waals surface area contributed by atoms with Crippen molar-refractivity contribution in [3.63, 3.8) is 0 Å². The molecule has 8 heteroatoms. The Morgan fingerprint density at radius 1 is 1.15 bits per heavy atom. The molecule has 0 aliphatic carbocycles. The lowest BCUT2D eigenvalue weighted by Gasteiger charge is -2.19. The van der Waals surface area contributed by atoms with Gasteiger partial charge in [-0.1, -0.05) is 18.2 Å². The number of ether oxygens (including phenoxy) is 2. The van der Waals surface area contributed by atoms with E-state index >= 15 is 0 Å². The predicted octanol–water partition coefficient (Wildman–Crippen LogP) is 2.42. The molecule has 1 heterocycles. The summed E-state index contributed by atoms with van der Waals surface area (Å²) in [7, 11) is -0.544. The third-order valence-corrected chi connectivity index (χ3v) is 6.22. The Morgan fingerprint density at radius 2 is 1.93 bits per heavy atom. The van der Waals surface area contributed by atoms with E-state index in [1.165, 1.54) is 18.5 Å². The Bertz CT molecular complexity index is 943. The lowest BCUT2D eigenvalue weighted by atomic mass is 10.2. The highest BCUT2D eigenvalue weighted by Crippen LogP contribution is 2.31. The standard InChI is InChI=1S/C19H22N2O5S/c1-25-15-7-8-16(18(13-15)26-2)20-19(22)10-12-27(23,24)21-11-9-14-5-3-4-6-17(14)21/h3-8,13H,9-12H2,1-2H3,(H,20,22). The molecule has 0 radical (unpaired) electrons. The Labute approximate surface area is 158 Å². The van der Waals surface area contributed by atoms with E-state index in [9.17, 15) is 13.2 Å². The van der Waals surface area contributed by atoms with Gasteiger partial charge in [-0.05, 0) is 30.2 Å². The molecule has 1 aliphatic heterocycles. The second kappa shape index (κ2) is 7.87. The number of nitrogens with zero attached hydrogens (tertiary/aromatic N) is 1. The third-order valence-electron chi connectivity index (χ3n) is 4.45. The van der Waals surface area contributed by atoms with Crippen LogP contribution in [-0.4, -0.2) is 40.8 Å². The molecule has 2 aromatic carbocycles. The zero-order valence-corrected chi connectivity index (χ0v) is 16.1. The molecular weight excluding hydrogens is 368 g/mol. The van der Waals surface area contributed by atoms with Crippen molar-refractivity contribution < 1.29 is 22.7 Å². The first kappa shape index (κ1) is 19.0. The Morgan fingerprint density at radius 3 is 2.67 bits per heavy atom. The van der Waals surface area contributed by atoms with E-state index in [1.54, 1.807) is 24.3 Å². The van der Waals surface area contributed by atoms with E-state index in [1.807, 2.05) is 18.2 Å². The van der Waals surface area contributed by atoms with Gasteiger partial charge in [0, 0.05) is 19.0 Å². The van der Waals surface area contributed by atoms with Crippen molar-refractivity contribution in [3.8, 4) is 11.5 Å². The van der Waals surface area contributed by atoms with Gasteiger partial charge < -0.3 is 14.8 Å². The number of methoxy groups -OCH3 is 2. The van der Waals surface area contributed by atoms with E-state index in [0.29, 0.717) is 35.8 Å². The summed E-state index contributed by atoms with van der Waals surface area (Å²) in [4.78, 5) is 12.3. The summed E-state index contributed by atoms with van der Waals surface area (Å²) in [5.41, 5.74) is 2.18. The first-order valence-corrected chi connectivity index (χ1v) is 10.2. The van der Waals surface area contributed by atoms with Crippen molar-refractivity contribution in [1.82, 2.24) is 0 Å². The number of carbonyl (C=O) groups excluding carboxylic acids is 1. The zero-order chi connectivity index (χ0) is 19.4. The van der Waals surface area contributed by atoms with Gasteiger partial charge in [0.1, 0.15) is 11.5 Å². The molecule has 0 aromatic heterocycles. The van der Waals surface area contributed by atoms with Crippen LogP contribution >= 0.6 is 0 Å². The van der Waals surface area contributed by atoms with Crippen molar-refractivity contribution in [2.45, 2.75) is 12.8 Å². The number of benzene rings is 2. The molecule has 1 aliphatic rings. The third kappa shape index (κ3) is 4.16. The fourth-order valence-corrected chi connectivity index (χ4v) is 4.55. The molecule has 0 fully saturated rings. The number of para-hydroxylation sites is 1. The molecule has 1 N–H and O–H groups in total. The molecule has 0 saturated carbocycles. The van der Waals surface area contributed by atoms with E-state index < -0.39 is 15.9 Å². The molecule has 0 spiro atoms. The minimum Gasteiger partial charge on any atom is -0.497 e. The fraction of sp³-hybridized carbons (Fsp3) is 0.316. The number of fused-ring (bicyclic) bond motifs is 1. The summed E-state index contributed by atoms with van der Waals surface area (Å²) in [6.45, 7) is 0.412. The van der Waals surface area contributed by atoms with Gasteiger partial charge in [-0.25, -0.2) is 8.42 Å². The first-order chi connectivity index (χ1) is 12.9. The van der Waals surface area contributed by atoms with Crippen LogP contribution in [-0.2, 0) is 21.2 Å². The number of nitrogens with one attached hydrogen (secondary N) is 1. The van der Waals surface area contributed by atoms with E-state index in [0.717, 1.165) is 5.56 Å². The zero-order valence-electron chi connectivity index (χ0n) is 15.3. The molecular formula is C19H22N2O5S. The highest BCUT2D eigenvalue weighted by Gasteiger charge is 2.29. The molecule has 144 valence electrons. The van der Waals surface area contributed by atoms with Gasteiger partial charge in [-0.3, -0.25) is 9.10 Å². The summed E-state index contributed by atoms with van der Waals surface area (Å²) in [6, 6.07) is 12.4. The fourth-order valence-electron chi connectivity index (χ4n) is 3.04. The summed E-state index contributed by atoms with van der Waals surface area (Å²) >= 11 is 0. The molecule has 0 saturated heterocycles. The maximum absolute atomic E-state index is 12.7. The second-order valence-corrected chi connectivity index (χ2v) is 8.14. The predicted molar refractivity (Wildman–Crippen MR) is 104 cm³/mol. The molecule has 0 atom stereocenters. The number of sulfonamides is 1. The largest absolute Gasteiger partial charge is 0.497 e. The lowest BCUT2D eigenvalue weighted by Crippen LogP contribution is -2.32. The van der Waals surface area contributed by atoms with Crippen LogP contribution in [0.4, 0.5) is 11.4 Å². The summed E-state index contributed by atoms with van der Waals surface area (Å²) in [5.74, 6) is 0.389. The Kier molecular flexibility index (Phi) is 5.55. The number of anilines is 2. The summed E-state index contributed by atoms with van der Waals surface area (Å²) in [6.07, 6.45) is 0.542. The van der Waals surface area contributed by atoms with Crippen LogP contribution in [0.5, 0.6) is 11.5 Å². The van der Waals surface area contributed by atoms with Crippen molar-refractivity contribution >= 4 is 27.3 Å². The number of carbonyl (C=O) groups is 1. The van der Waals surface area contributed by atoms with Crippen molar-refractivity contribution in [2.75, 3.05) is 36.1 Å². The quantitative estimate of drug-likeness (QED) is 0.785. The highest BCUT2D eigenvalue weighted by atomic mass is 32.2. The molecule has 1 amide bonds. The van der Waals surface area contributed by atoms with Gasteiger partial charge in [-0.15, -0.1) is 0 Å². The number of hydrogen-bond donors (Lipinski definition) is 1. The van der Waals surface area contributed by atoms with Crippen LogP contribution in [0.15, 0.2) is 42.5 Å². The molecule has 0 bridgehead atoms. The number of rotatable bonds is 7. The molecule has 2 aromatic rings. The molecule has 0 unspecified atom stereocenters. The molecule has 7 nitrogen and oxygen atoms in total. The van der Waals surface area contributed by atoms with Crippen LogP contribution in [0, 0.1) is 0 Å². The van der Waals surface area contributed by atoms with Crippen LogP contribution in [0.1, 0.15) is 12.0 Å². The van der Waals surface area contributed by atoms with Gasteiger partial charge in [0.2, 0.25) is 15.9 Å². The highest BCUT2D eigenvalue weighted by molar-refractivity contribution is 7.92. The van der Waals surface area contributed by atoms with Crippen LogP contribution in [0.25, 0.3) is 0 Å². The topological polar surface area (TPSA) is 84.9 Å². The van der Waals surface area contributed by atoms with E-state index in [2.05, 4.69) is 5.32 Å². The Hall–Kier alpha value is -2.74. The average Bonchev–Trinajstić information content (AvgIpc) is 3.12. The van der Waals surface area contributed by atoms with Crippen molar-refractivity contribution in [3.05, 3.63) is 48.0 Å². The normalized spacial score (nSPS) is 13.2. The van der Waals surface area contributed by atoms with Gasteiger partial charge in [0.15, 0.2) is 0 Å². The van der Waals surface area contributed by atoms with Gasteiger partial charge in [0.05, 0.1) is 31.3 Å². The van der Waals surface area contributed by atoms with Crippen LogP contribution < -0.4 is 19.1 Å². The first-order valence-electron chi connectivity index (χ1n) is 8.55. The summed E-state index contributed by atoms with van der Waals surface area (Å²) < 4.78 is 37.1. The smallest absolute Gasteiger partial charge is 0.235 e. The second-order valence-electron chi connectivity index (χ2n) is 6.13. The maximum atomic E-state index is 12.7. The lowest BCUT2D eigenvalue weighted by molar-refractivity contribution is -0.115. The van der Waals surface area contributed by atoms with Gasteiger partial charge >= 0.3 is 0 Å².